The number of aromatic nitrogens is 5. The molecule has 9 heteroatoms. The van der Waals surface area contributed by atoms with Gasteiger partial charge in [0.2, 0.25) is 0 Å². The Morgan fingerprint density at radius 3 is 2.86 bits per heavy atom. The predicted octanol–water partition coefficient (Wildman–Crippen LogP) is 3.02. The van der Waals surface area contributed by atoms with E-state index in [1.54, 1.807) is 17.5 Å². The summed E-state index contributed by atoms with van der Waals surface area (Å²) in [4.78, 5) is 14.6. The molecule has 0 amide bonds. The average molecular weight is 410 g/mol. The van der Waals surface area contributed by atoms with E-state index < -0.39 is 0 Å². The van der Waals surface area contributed by atoms with Crippen LogP contribution >= 0.6 is 11.3 Å². The van der Waals surface area contributed by atoms with E-state index in [2.05, 4.69) is 21.4 Å². The Morgan fingerprint density at radius 2 is 2.10 bits per heavy atom. The van der Waals surface area contributed by atoms with Crippen LogP contribution in [0.3, 0.4) is 0 Å². The maximum atomic E-state index is 12.7. The third-order valence-corrected chi connectivity index (χ3v) is 5.62. The second-order valence-corrected chi connectivity index (χ2v) is 7.65. The molecule has 3 heterocycles. The molecule has 7 nitrogen and oxygen atoms in total. The Labute approximate surface area is 169 Å². The van der Waals surface area contributed by atoms with Crippen molar-refractivity contribution in [2.75, 3.05) is 6.54 Å². The number of H-pyrrole nitrogens is 1. The molecule has 29 heavy (non-hydrogen) atoms. The van der Waals surface area contributed by atoms with Crippen molar-refractivity contribution in [2.45, 2.75) is 13.1 Å². The summed E-state index contributed by atoms with van der Waals surface area (Å²) in [7, 11) is 0. The fourth-order valence-electron chi connectivity index (χ4n) is 2.96. The zero-order chi connectivity index (χ0) is 20.2. The molecular formula is C20H19FN6OS. The average Bonchev–Trinajstić information content (AvgIpc) is 3.50. The quantitative estimate of drug-likeness (QED) is 0.490. The number of nitrogens with zero attached hydrogens (tertiary/aromatic N) is 4. The summed E-state index contributed by atoms with van der Waals surface area (Å²) in [5, 5.41) is 11.1. The maximum Gasteiger partial charge on any atom is 0.346 e. The fraction of sp³-hybridized carbons (Fsp3) is 0.150. The van der Waals surface area contributed by atoms with Gasteiger partial charge < -0.3 is 5.73 Å². The number of rotatable bonds is 7. The van der Waals surface area contributed by atoms with Gasteiger partial charge >= 0.3 is 5.69 Å². The molecule has 0 saturated carbocycles. The van der Waals surface area contributed by atoms with Gasteiger partial charge in [-0.05, 0) is 35.4 Å². The van der Waals surface area contributed by atoms with Crippen LogP contribution in [0.5, 0.6) is 0 Å². The first-order valence-corrected chi connectivity index (χ1v) is 9.79. The summed E-state index contributed by atoms with van der Waals surface area (Å²) in [6.45, 7) is 0.496. The van der Waals surface area contributed by atoms with Crippen molar-refractivity contribution in [2.24, 2.45) is 5.73 Å². The summed E-state index contributed by atoms with van der Waals surface area (Å²) in [6.07, 6.45) is 3.68. The van der Waals surface area contributed by atoms with Gasteiger partial charge in [-0.15, -0.1) is 11.3 Å². The smallest absolute Gasteiger partial charge is 0.327 e. The normalized spacial score (nSPS) is 11.9. The van der Waals surface area contributed by atoms with Crippen LogP contribution in [0, 0.1) is 0 Å². The molecule has 0 spiro atoms. The maximum absolute atomic E-state index is 12.7. The van der Waals surface area contributed by atoms with E-state index in [-0.39, 0.29) is 18.8 Å². The van der Waals surface area contributed by atoms with E-state index in [0.717, 1.165) is 26.6 Å². The van der Waals surface area contributed by atoms with Gasteiger partial charge in [-0.3, -0.25) is 9.67 Å². The number of hydrogen-bond donors (Lipinski definition) is 2. The molecule has 0 aliphatic heterocycles. The molecule has 0 radical (unpaired) electrons. The molecule has 1 aromatic carbocycles. The molecule has 3 N–H and O–H groups in total. The number of nitrogens with two attached hydrogens (primary N) is 1. The van der Waals surface area contributed by atoms with Crippen LogP contribution < -0.4 is 11.4 Å². The molecule has 0 fully saturated rings. The van der Waals surface area contributed by atoms with Crippen molar-refractivity contribution in [1.29, 1.82) is 0 Å². The van der Waals surface area contributed by atoms with Crippen LogP contribution in [0.25, 0.3) is 21.7 Å². The molecule has 148 valence electrons. The zero-order valence-electron chi connectivity index (χ0n) is 15.5. The van der Waals surface area contributed by atoms with E-state index >= 15 is 0 Å². The van der Waals surface area contributed by atoms with Crippen molar-refractivity contribution in [3.63, 3.8) is 0 Å². The molecular weight excluding hydrogens is 391 g/mol. The number of halogens is 1. The van der Waals surface area contributed by atoms with Gasteiger partial charge in [0.15, 0.2) is 0 Å². The van der Waals surface area contributed by atoms with E-state index in [4.69, 9.17) is 5.73 Å². The largest absolute Gasteiger partial charge is 0.346 e. The lowest BCUT2D eigenvalue weighted by Gasteiger charge is -2.02. The summed E-state index contributed by atoms with van der Waals surface area (Å²) in [5.74, 6) is 0. The minimum absolute atomic E-state index is 0.0431. The fourth-order valence-corrected chi connectivity index (χ4v) is 3.97. The van der Waals surface area contributed by atoms with Crippen LogP contribution in [0.15, 0.2) is 71.7 Å². The van der Waals surface area contributed by atoms with Crippen molar-refractivity contribution in [3.05, 3.63) is 82.3 Å². The highest BCUT2D eigenvalue weighted by Crippen LogP contribution is 2.31. The number of hydrogen-bond acceptors (Lipinski definition) is 5. The Bertz CT molecular complexity index is 1190. The Morgan fingerprint density at radius 1 is 1.24 bits per heavy atom. The highest BCUT2D eigenvalue weighted by atomic mass is 32.1. The molecule has 3 aromatic heterocycles. The number of benzene rings is 1. The molecule has 0 bridgehead atoms. The monoisotopic (exact) mass is 410 g/mol. The number of thiophene rings is 1. The summed E-state index contributed by atoms with van der Waals surface area (Å²) < 4.78 is 15.4. The van der Waals surface area contributed by atoms with Crippen LogP contribution in [0.4, 0.5) is 4.39 Å². The van der Waals surface area contributed by atoms with Crippen molar-refractivity contribution >= 4 is 11.3 Å². The molecule has 0 atom stereocenters. The first-order valence-electron chi connectivity index (χ1n) is 8.97. The van der Waals surface area contributed by atoms with Crippen LogP contribution in [-0.4, -0.2) is 31.1 Å². The van der Waals surface area contributed by atoms with Crippen LogP contribution in [0.1, 0.15) is 4.88 Å². The molecule has 0 aliphatic carbocycles. The zero-order valence-corrected chi connectivity index (χ0v) is 16.3. The van der Waals surface area contributed by atoms with Gasteiger partial charge in [0.25, 0.3) is 0 Å². The van der Waals surface area contributed by atoms with Crippen LogP contribution in [0.2, 0.25) is 0 Å². The van der Waals surface area contributed by atoms with Crippen molar-refractivity contribution < 1.29 is 4.39 Å². The summed E-state index contributed by atoms with van der Waals surface area (Å²) in [6, 6.07) is 14.1. The third kappa shape index (κ3) is 4.10. The molecule has 0 saturated heterocycles. The van der Waals surface area contributed by atoms with Gasteiger partial charge in [0.1, 0.15) is 6.33 Å². The Hall–Kier alpha value is -3.30. The predicted molar refractivity (Wildman–Crippen MR) is 111 cm³/mol. The SMILES string of the molecule is NC/C(=C\F)Cn1ncn(Cc2ccc(-c3cccc(-c4cc[nH]n4)c3)s2)c1=O. The lowest BCUT2D eigenvalue weighted by molar-refractivity contribution is 0.604. The second-order valence-electron chi connectivity index (χ2n) is 6.48. The van der Waals surface area contributed by atoms with Crippen molar-refractivity contribution in [1.82, 2.24) is 24.5 Å². The minimum atomic E-state index is -0.298. The first-order chi connectivity index (χ1) is 14.2. The second kappa shape index (κ2) is 8.38. The van der Waals surface area contributed by atoms with Gasteiger partial charge in [0.05, 0.1) is 25.1 Å². The lowest BCUT2D eigenvalue weighted by atomic mass is 10.1. The molecule has 0 aliphatic rings. The Kier molecular flexibility index (Phi) is 5.50. The number of nitrogens with one attached hydrogen (secondary N) is 1. The first kappa shape index (κ1) is 19.0. The van der Waals surface area contributed by atoms with Gasteiger partial charge in [0, 0.05) is 28.1 Å². The lowest BCUT2D eigenvalue weighted by Crippen LogP contribution is -2.26. The van der Waals surface area contributed by atoms with Gasteiger partial charge in [-0.2, -0.15) is 10.2 Å². The van der Waals surface area contributed by atoms with Crippen LogP contribution in [-0.2, 0) is 13.1 Å². The standard InChI is InChI=1S/C20H19FN6OS/c21-9-14(10-22)11-27-20(28)26(13-24-27)12-17-4-5-19(29-17)16-3-1-2-15(8-16)18-6-7-23-25-18/h1-9,13H,10-12,22H2,(H,23,25)/b14-9+. The summed E-state index contributed by atoms with van der Waals surface area (Å²) >= 11 is 1.61. The van der Waals surface area contributed by atoms with E-state index in [1.165, 1.54) is 15.6 Å². The highest BCUT2D eigenvalue weighted by molar-refractivity contribution is 7.15. The third-order valence-electron chi connectivity index (χ3n) is 4.50. The molecule has 4 aromatic rings. The molecule has 4 rings (SSSR count). The van der Waals surface area contributed by atoms with Crippen molar-refractivity contribution in [3.8, 4) is 21.7 Å². The van der Waals surface area contributed by atoms with E-state index in [0.29, 0.717) is 18.4 Å². The van der Waals surface area contributed by atoms with Gasteiger partial charge in [-0.1, -0.05) is 18.2 Å². The molecule has 0 unspecified atom stereocenters. The van der Waals surface area contributed by atoms with Gasteiger partial charge in [-0.25, -0.2) is 13.9 Å². The summed E-state index contributed by atoms with van der Waals surface area (Å²) in [5.41, 5.74) is 8.48. The minimum Gasteiger partial charge on any atom is -0.327 e. The number of aromatic amines is 1. The highest BCUT2D eigenvalue weighted by Gasteiger charge is 2.10. The van der Waals surface area contributed by atoms with E-state index in [9.17, 15) is 9.18 Å². The van der Waals surface area contributed by atoms with E-state index in [1.807, 2.05) is 36.4 Å². The topological polar surface area (TPSA) is 94.5 Å². The Balaban J connectivity index is 1.53.